The number of ketones is 1. The SMILES string of the molecule is Cc1cc(Nc2cc(N3CCC3)nc(Sc3ccc(CC(=O)c4ccc(F)cc4F)cc3)n2)n[nH]1. The molecule has 2 N–H and O–H groups in total. The predicted octanol–water partition coefficient (Wildman–Crippen LogP) is 5.32. The molecule has 4 aromatic rings. The lowest BCUT2D eigenvalue weighted by atomic mass is 10.0. The van der Waals surface area contributed by atoms with E-state index >= 15 is 0 Å². The highest BCUT2D eigenvalue weighted by atomic mass is 32.2. The molecule has 0 bridgehead atoms. The van der Waals surface area contributed by atoms with Gasteiger partial charge in [0.25, 0.3) is 0 Å². The molecule has 0 unspecified atom stereocenters. The molecule has 0 amide bonds. The standard InChI is InChI=1S/C25H22F2N6OS/c1-15-11-23(32-31-15)28-22-14-24(33-9-2-10-33)30-25(29-22)35-18-6-3-16(4-7-18)12-21(34)19-8-5-17(26)13-20(19)27/h3-8,11,13-14H,2,9-10,12H2,1H3,(H2,28,29,30,31,32). The molecule has 0 saturated carbocycles. The first-order chi connectivity index (χ1) is 16.9. The Hall–Kier alpha value is -3.79. The van der Waals surface area contributed by atoms with Crippen LogP contribution in [-0.2, 0) is 6.42 Å². The summed E-state index contributed by atoms with van der Waals surface area (Å²) < 4.78 is 27.0. The predicted molar refractivity (Wildman–Crippen MR) is 130 cm³/mol. The van der Waals surface area contributed by atoms with Gasteiger partial charge in [-0.3, -0.25) is 9.89 Å². The van der Waals surface area contributed by atoms with Crippen molar-refractivity contribution < 1.29 is 13.6 Å². The average Bonchev–Trinajstić information content (AvgIpc) is 3.18. The monoisotopic (exact) mass is 492 g/mol. The van der Waals surface area contributed by atoms with Gasteiger partial charge < -0.3 is 10.2 Å². The maximum Gasteiger partial charge on any atom is 0.196 e. The average molecular weight is 493 g/mol. The number of Topliss-reactive ketones (excluding diaryl/α,β-unsaturated/α-hetero) is 1. The summed E-state index contributed by atoms with van der Waals surface area (Å²) in [6.45, 7) is 3.84. The summed E-state index contributed by atoms with van der Waals surface area (Å²) in [5, 5.41) is 10.9. The number of carbonyl (C=O) groups is 1. The summed E-state index contributed by atoms with van der Waals surface area (Å²) in [6, 6.07) is 14.2. The van der Waals surface area contributed by atoms with E-state index in [1.54, 1.807) is 0 Å². The van der Waals surface area contributed by atoms with Crippen molar-refractivity contribution in [2.45, 2.75) is 29.8 Å². The second-order valence-electron chi connectivity index (χ2n) is 8.27. The van der Waals surface area contributed by atoms with Crippen LogP contribution < -0.4 is 10.2 Å². The Kier molecular flexibility index (Phi) is 6.45. The number of rotatable bonds is 8. The fourth-order valence-electron chi connectivity index (χ4n) is 3.62. The zero-order valence-corrected chi connectivity index (χ0v) is 19.7. The minimum Gasteiger partial charge on any atom is -0.356 e. The van der Waals surface area contributed by atoms with Crippen LogP contribution in [0, 0.1) is 18.6 Å². The Morgan fingerprint density at radius 2 is 1.86 bits per heavy atom. The minimum atomic E-state index is -0.851. The van der Waals surface area contributed by atoms with Crippen LogP contribution in [0.2, 0.25) is 0 Å². The summed E-state index contributed by atoms with van der Waals surface area (Å²) in [5.74, 6) is 0.220. The molecule has 0 radical (unpaired) electrons. The van der Waals surface area contributed by atoms with Gasteiger partial charge in [0, 0.05) is 48.3 Å². The molecule has 178 valence electrons. The van der Waals surface area contributed by atoms with Crippen molar-refractivity contribution in [1.29, 1.82) is 0 Å². The molecule has 35 heavy (non-hydrogen) atoms. The molecule has 1 saturated heterocycles. The summed E-state index contributed by atoms with van der Waals surface area (Å²) in [4.78, 5) is 24.9. The van der Waals surface area contributed by atoms with Gasteiger partial charge in [0.1, 0.15) is 23.3 Å². The van der Waals surface area contributed by atoms with Crippen molar-refractivity contribution in [2.75, 3.05) is 23.3 Å². The smallest absolute Gasteiger partial charge is 0.196 e. The lowest BCUT2D eigenvalue weighted by Crippen LogP contribution is -2.37. The number of nitrogens with zero attached hydrogens (tertiary/aromatic N) is 4. The second-order valence-corrected chi connectivity index (χ2v) is 9.31. The number of benzene rings is 2. The number of aromatic amines is 1. The van der Waals surface area contributed by atoms with Crippen molar-refractivity contribution in [1.82, 2.24) is 20.2 Å². The normalized spacial score (nSPS) is 12.9. The Labute approximate surface area is 205 Å². The van der Waals surface area contributed by atoms with E-state index in [-0.39, 0.29) is 12.0 Å². The van der Waals surface area contributed by atoms with E-state index in [0.717, 1.165) is 53.6 Å². The van der Waals surface area contributed by atoms with Crippen molar-refractivity contribution >= 4 is 35.0 Å². The number of H-pyrrole nitrogens is 1. The minimum absolute atomic E-state index is 0.0194. The van der Waals surface area contributed by atoms with Gasteiger partial charge >= 0.3 is 0 Å². The Balaban J connectivity index is 1.31. The molecular formula is C25H22F2N6OS. The highest BCUT2D eigenvalue weighted by molar-refractivity contribution is 7.99. The van der Waals surface area contributed by atoms with E-state index in [9.17, 15) is 13.6 Å². The van der Waals surface area contributed by atoms with Gasteiger partial charge in [0.2, 0.25) is 0 Å². The van der Waals surface area contributed by atoms with E-state index in [4.69, 9.17) is 4.98 Å². The number of aromatic nitrogens is 4. The molecule has 2 aromatic carbocycles. The molecule has 0 atom stereocenters. The van der Waals surface area contributed by atoms with Gasteiger partial charge in [-0.1, -0.05) is 12.1 Å². The summed E-state index contributed by atoms with van der Waals surface area (Å²) in [5.41, 5.74) is 1.56. The number of halogens is 2. The maximum absolute atomic E-state index is 13.9. The highest BCUT2D eigenvalue weighted by Crippen LogP contribution is 2.30. The molecule has 1 aliphatic rings. The van der Waals surface area contributed by atoms with Crippen LogP contribution in [0.4, 0.5) is 26.2 Å². The summed E-state index contributed by atoms with van der Waals surface area (Å²) in [6.07, 6.45) is 1.15. The van der Waals surface area contributed by atoms with Crippen LogP contribution >= 0.6 is 11.8 Å². The number of nitrogens with one attached hydrogen (secondary N) is 2. The van der Waals surface area contributed by atoms with E-state index in [1.807, 2.05) is 43.3 Å². The first kappa shape index (κ1) is 23.0. The third-order valence-electron chi connectivity index (χ3n) is 5.56. The molecule has 3 heterocycles. The Bertz CT molecular complexity index is 1370. The van der Waals surface area contributed by atoms with Gasteiger partial charge in [-0.05, 0) is 54.9 Å². The van der Waals surface area contributed by atoms with Crippen LogP contribution in [0.15, 0.2) is 64.6 Å². The summed E-state index contributed by atoms with van der Waals surface area (Å²) >= 11 is 1.41. The van der Waals surface area contributed by atoms with Gasteiger partial charge in [-0.15, -0.1) is 0 Å². The fraction of sp³-hybridized carbons (Fsp3) is 0.200. The quantitative estimate of drug-likeness (QED) is 0.254. The maximum atomic E-state index is 13.9. The van der Waals surface area contributed by atoms with Crippen molar-refractivity contribution in [3.63, 3.8) is 0 Å². The van der Waals surface area contributed by atoms with Crippen LogP contribution in [0.5, 0.6) is 0 Å². The van der Waals surface area contributed by atoms with Crippen LogP contribution in [0.25, 0.3) is 0 Å². The number of hydrogen-bond donors (Lipinski definition) is 2. The molecular weight excluding hydrogens is 470 g/mol. The molecule has 1 fully saturated rings. The molecule has 7 nitrogen and oxygen atoms in total. The fourth-order valence-corrected chi connectivity index (χ4v) is 4.39. The Morgan fingerprint density at radius 1 is 1.06 bits per heavy atom. The largest absolute Gasteiger partial charge is 0.356 e. The highest BCUT2D eigenvalue weighted by Gasteiger charge is 2.19. The number of aryl methyl sites for hydroxylation is 1. The van der Waals surface area contributed by atoms with E-state index in [0.29, 0.717) is 16.8 Å². The molecule has 5 rings (SSSR count). The van der Waals surface area contributed by atoms with Gasteiger partial charge in [0.05, 0.1) is 5.56 Å². The lowest BCUT2D eigenvalue weighted by molar-refractivity contribution is 0.0989. The van der Waals surface area contributed by atoms with Gasteiger partial charge in [-0.2, -0.15) is 5.10 Å². The second kappa shape index (κ2) is 9.83. The molecule has 0 spiro atoms. The number of hydrogen-bond acceptors (Lipinski definition) is 7. The van der Waals surface area contributed by atoms with Crippen LogP contribution in [-0.4, -0.2) is 39.0 Å². The van der Waals surface area contributed by atoms with Crippen LogP contribution in [0.1, 0.15) is 28.0 Å². The summed E-state index contributed by atoms with van der Waals surface area (Å²) in [7, 11) is 0. The number of anilines is 3. The number of carbonyl (C=O) groups excluding carboxylic acids is 1. The van der Waals surface area contributed by atoms with Crippen molar-refractivity contribution in [3.05, 3.63) is 83.1 Å². The Morgan fingerprint density at radius 3 is 2.51 bits per heavy atom. The zero-order chi connectivity index (χ0) is 24.4. The topological polar surface area (TPSA) is 86.8 Å². The first-order valence-electron chi connectivity index (χ1n) is 11.1. The third kappa shape index (κ3) is 5.48. The van der Waals surface area contributed by atoms with Gasteiger partial charge in [-0.25, -0.2) is 18.7 Å². The van der Waals surface area contributed by atoms with E-state index in [1.165, 1.54) is 17.8 Å². The molecule has 2 aromatic heterocycles. The van der Waals surface area contributed by atoms with Crippen molar-refractivity contribution in [3.8, 4) is 0 Å². The van der Waals surface area contributed by atoms with Crippen LogP contribution in [0.3, 0.4) is 0 Å². The molecule has 10 heteroatoms. The zero-order valence-electron chi connectivity index (χ0n) is 18.9. The molecule has 1 aliphatic heterocycles. The van der Waals surface area contributed by atoms with Crippen molar-refractivity contribution in [2.24, 2.45) is 0 Å². The van der Waals surface area contributed by atoms with Gasteiger partial charge in [0.15, 0.2) is 16.8 Å². The third-order valence-corrected chi connectivity index (χ3v) is 6.44. The van der Waals surface area contributed by atoms with E-state index < -0.39 is 17.4 Å². The lowest BCUT2D eigenvalue weighted by Gasteiger charge is -2.32. The van der Waals surface area contributed by atoms with E-state index in [2.05, 4.69) is 25.4 Å². The first-order valence-corrected chi connectivity index (χ1v) is 11.9. The molecule has 0 aliphatic carbocycles.